The van der Waals surface area contributed by atoms with Crippen LogP contribution in [0.25, 0.3) is 0 Å². The molecule has 3 aromatic carbocycles. The first kappa shape index (κ1) is 33.2. The van der Waals surface area contributed by atoms with Crippen molar-refractivity contribution in [1.82, 2.24) is 4.72 Å². The van der Waals surface area contributed by atoms with Crippen molar-refractivity contribution in [2.75, 3.05) is 12.4 Å². The molecule has 10 heteroatoms. The zero-order valence-corrected chi connectivity index (χ0v) is 24.4. The number of halogens is 2. The predicted octanol–water partition coefficient (Wildman–Crippen LogP) is 5.85. The Morgan fingerprint density at radius 2 is 1.14 bits per heavy atom. The molecule has 1 N–H and O–H groups in total. The van der Waals surface area contributed by atoms with Crippen molar-refractivity contribution >= 4 is 47.6 Å². The van der Waals surface area contributed by atoms with Crippen LogP contribution in [0.3, 0.4) is 0 Å². The minimum absolute atomic E-state index is 0.106. The molecule has 0 unspecified atom stereocenters. The molecule has 0 aromatic heterocycles. The number of benzene rings is 3. The number of sulfonamides is 1. The van der Waals surface area contributed by atoms with E-state index in [-0.39, 0.29) is 22.0 Å². The third-order valence-electron chi connectivity index (χ3n) is 4.06. The number of nitrogens with zero attached hydrogens (tertiary/aromatic N) is 2. The molecule has 3 aromatic rings. The van der Waals surface area contributed by atoms with Crippen LogP contribution in [-0.4, -0.2) is 20.8 Å². The monoisotopic (exact) mass is 641 g/mol. The van der Waals surface area contributed by atoms with E-state index in [0.717, 1.165) is 5.56 Å². The van der Waals surface area contributed by atoms with E-state index in [1.54, 1.807) is 12.1 Å². The number of hydrogen-bond acceptors (Lipinski definition) is 4. The summed E-state index contributed by atoms with van der Waals surface area (Å²) in [6.45, 7) is 2.86. The fourth-order valence-electron chi connectivity index (χ4n) is 2.91. The Morgan fingerprint density at radius 1 is 0.829 bits per heavy atom. The number of nitrogens with one attached hydrogen (secondary N) is 1. The molecule has 1 atom stereocenters. The second-order valence-electron chi connectivity index (χ2n) is 6.63. The van der Waals surface area contributed by atoms with Crippen LogP contribution in [0.1, 0.15) is 25.5 Å². The van der Waals surface area contributed by atoms with E-state index in [9.17, 15) is 8.42 Å². The van der Waals surface area contributed by atoms with Gasteiger partial charge in [-0.1, -0.05) is 91.0 Å². The zero-order chi connectivity index (χ0) is 26.5. The van der Waals surface area contributed by atoms with Gasteiger partial charge in [-0.2, -0.15) is 10.5 Å². The third-order valence-corrected chi connectivity index (χ3v) is 7.35. The Bertz CT molecular complexity index is 1080. The summed E-state index contributed by atoms with van der Waals surface area (Å²) in [7, 11) is 5.61. The molecule has 0 aliphatic carbocycles. The predicted molar refractivity (Wildman–Crippen MR) is 145 cm³/mol. The maximum atomic E-state index is 12.0. The van der Waals surface area contributed by atoms with E-state index < -0.39 is 17.9 Å². The average molecular weight is 643 g/mol. The first-order valence-corrected chi connectivity index (χ1v) is 17.5. The molecule has 0 saturated heterocycles. The molecular weight excluding hydrogens is 615 g/mol. The molecule has 0 aliphatic rings. The first-order valence-electron chi connectivity index (χ1n) is 10.1. The van der Waals surface area contributed by atoms with Crippen LogP contribution in [0.4, 0.5) is 0 Å². The van der Waals surface area contributed by atoms with Gasteiger partial charge in [0.1, 0.15) is 0 Å². The van der Waals surface area contributed by atoms with E-state index >= 15 is 0 Å². The van der Waals surface area contributed by atoms with Crippen molar-refractivity contribution in [1.29, 1.82) is 10.5 Å². The van der Waals surface area contributed by atoms with E-state index in [0.29, 0.717) is 6.16 Å². The van der Waals surface area contributed by atoms with Crippen molar-refractivity contribution in [3.63, 3.8) is 0 Å². The van der Waals surface area contributed by atoms with Crippen LogP contribution in [0, 0.1) is 22.7 Å². The summed E-state index contributed by atoms with van der Waals surface area (Å²) in [4.78, 5) is 0. The summed E-state index contributed by atoms with van der Waals surface area (Å²) in [6, 6.07) is 33.7. The van der Waals surface area contributed by atoms with Crippen molar-refractivity contribution in [2.24, 2.45) is 0 Å². The second-order valence-corrected chi connectivity index (χ2v) is 13.0. The second kappa shape index (κ2) is 20.4. The zero-order valence-electron chi connectivity index (χ0n) is 19.6. The number of rotatable bonds is 7. The summed E-state index contributed by atoms with van der Waals surface area (Å²) in [6.07, 6.45) is 1.93. The Hall–Kier alpha value is -1.78. The van der Waals surface area contributed by atoms with Crippen LogP contribution >= 0.6 is 27.0 Å². The number of hydrogen-bond donors (Lipinski definition) is 1. The van der Waals surface area contributed by atoms with Crippen LogP contribution in [-0.2, 0) is 26.0 Å². The van der Waals surface area contributed by atoms with Gasteiger partial charge in [0.2, 0.25) is 10.0 Å². The molecule has 5 nitrogen and oxygen atoms in total. The Labute approximate surface area is 227 Å². The fourth-order valence-corrected chi connectivity index (χ4v) is 6.22. The van der Waals surface area contributed by atoms with Crippen molar-refractivity contribution in [3.8, 4) is 12.1 Å². The van der Waals surface area contributed by atoms with E-state index in [2.05, 4.69) is 29.0 Å². The number of nitriles is 2. The quantitative estimate of drug-likeness (QED) is 0.259. The van der Waals surface area contributed by atoms with Crippen molar-refractivity contribution in [3.05, 3.63) is 96.6 Å². The van der Waals surface area contributed by atoms with Gasteiger partial charge in [0.05, 0.1) is 24.4 Å². The van der Waals surface area contributed by atoms with Crippen LogP contribution < -0.4 is 15.3 Å². The molecule has 35 heavy (non-hydrogen) atoms. The summed E-state index contributed by atoms with van der Waals surface area (Å²) < 4.78 is 26.8. The van der Waals surface area contributed by atoms with Crippen molar-refractivity contribution < 1.29 is 24.4 Å². The molecular formula is C25H28Cl2N3O2PPdS. The van der Waals surface area contributed by atoms with Crippen molar-refractivity contribution in [2.45, 2.75) is 19.9 Å². The normalized spacial score (nSPS) is 10.6. The molecule has 190 valence electrons. The van der Waals surface area contributed by atoms with Gasteiger partial charge in [-0.3, -0.25) is 0 Å². The third kappa shape index (κ3) is 15.8. The molecule has 0 amide bonds. The van der Waals surface area contributed by atoms with E-state index in [1.807, 2.05) is 66.7 Å². The first-order chi connectivity index (χ1) is 16.8. The van der Waals surface area contributed by atoms with Gasteiger partial charge >= 0.3 is 35.0 Å². The summed E-state index contributed by atoms with van der Waals surface area (Å²) in [5.74, 6) is 0. The molecule has 0 radical (unpaired) electrons. The average Bonchev–Trinajstić information content (AvgIpc) is 2.84. The van der Waals surface area contributed by atoms with Gasteiger partial charge in [0.25, 0.3) is 0 Å². The van der Waals surface area contributed by atoms with Gasteiger partial charge in [-0.05, 0) is 30.3 Å². The van der Waals surface area contributed by atoms with Gasteiger partial charge in [-0.25, -0.2) is 13.1 Å². The fraction of sp³-hybridized carbons (Fsp3) is 0.200. The van der Waals surface area contributed by atoms with Gasteiger partial charge in [0, 0.05) is 13.8 Å². The topological polar surface area (TPSA) is 93.8 Å². The van der Waals surface area contributed by atoms with Gasteiger partial charge in [-0.15, -0.1) is 0 Å². The SMILES string of the molecule is CC#N.CC#N.CS(=O)(=O)N[C@H](CP(c1ccccc1)c1ccccc1)c1ccccc1.[Cl][Pd][Cl]. The summed E-state index contributed by atoms with van der Waals surface area (Å²) in [5.41, 5.74) is 0.984. The summed E-state index contributed by atoms with van der Waals surface area (Å²) >= 11 is -0.106. The minimum atomic E-state index is -3.32. The molecule has 0 saturated carbocycles. The standard InChI is InChI=1S/C21H22NO2PS.2C2H3N.2ClH.Pd/c1-26(23,24)22-21(18-11-5-2-6-12-18)17-25(19-13-7-3-8-14-19)20-15-9-4-10-16-20;2*1-2-3;;;/h2-16,21-22H,17H2,1H3;2*1H3;2*1H;/q;;;;;+2/p-2/t21-;;;;;/m1...../s1. The molecule has 0 aliphatic heterocycles. The molecule has 3 rings (SSSR count). The summed E-state index contributed by atoms with van der Waals surface area (Å²) in [5, 5.41) is 17.1. The van der Waals surface area contributed by atoms with Crippen LogP contribution in [0.2, 0.25) is 0 Å². The Balaban J connectivity index is 0.00000112. The molecule has 0 fully saturated rings. The van der Waals surface area contributed by atoms with Crippen LogP contribution in [0.5, 0.6) is 0 Å². The van der Waals surface area contributed by atoms with Gasteiger partial charge < -0.3 is 0 Å². The van der Waals surface area contributed by atoms with E-state index in [4.69, 9.17) is 29.6 Å². The molecule has 0 spiro atoms. The Morgan fingerprint density at radius 3 is 1.46 bits per heavy atom. The van der Waals surface area contributed by atoms with E-state index in [1.165, 1.54) is 30.7 Å². The molecule has 0 bridgehead atoms. The van der Waals surface area contributed by atoms with Gasteiger partial charge in [0.15, 0.2) is 0 Å². The maximum absolute atomic E-state index is 12.0. The van der Waals surface area contributed by atoms with Crippen LogP contribution in [0.15, 0.2) is 91.0 Å². The Kier molecular flexibility index (Phi) is 19.4. The molecule has 0 heterocycles.